The lowest BCUT2D eigenvalue weighted by molar-refractivity contribution is -0.0183. The number of aliphatic hydroxyl groups is 1. The van der Waals surface area contributed by atoms with Gasteiger partial charge in [0.2, 0.25) is 0 Å². The van der Waals surface area contributed by atoms with E-state index in [2.05, 4.69) is 4.90 Å². The number of thiocarbonyl (C=S) groups is 1. The van der Waals surface area contributed by atoms with E-state index in [0.29, 0.717) is 11.6 Å². The highest BCUT2D eigenvalue weighted by molar-refractivity contribution is 7.80. The molecule has 0 radical (unpaired) electrons. The van der Waals surface area contributed by atoms with Crippen molar-refractivity contribution in [3.8, 4) is 5.75 Å². The van der Waals surface area contributed by atoms with Gasteiger partial charge in [0, 0.05) is 18.7 Å². The number of hydrogen-bond acceptors (Lipinski definition) is 4. The molecule has 2 rings (SSSR count). The second-order valence-corrected chi connectivity index (χ2v) is 6.05. The van der Waals surface area contributed by atoms with Crippen LogP contribution in [0.2, 0.25) is 0 Å². The van der Waals surface area contributed by atoms with Crippen LogP contribution in [0.5, 0.6) is 5.75 Å². The first-order valence-electron chi connectivity index (χ1n) is 6.94. The van der Waals surface area contributed by atoms with Crippen molar-refractivity contribution in [2.45, 2.75) is 25.4 Å². The lowest BCUT2D eigenvalue weighted by Crippen LogP contribution is -2.47. The fourth-order valence-corrected chi connectivity index (χ4v) is 2.66. The Morgan fingerprint density at radius 3 is 2.75 bits per heavy atom. The molecule has 4 nitrogen and oxygen atoms in total. The number of nitrogens with zero attached hydrogens (tertiary/aromatic N) is 1. The topological polar surface area (TPSA) is 58.7 Å². The smallest absolute Gasteiger partial charge is 0.119 e. The molecule has 1 aliphatic rings. The monoisotopic (exact) mass is 294 g/mol. The summed E-state index contributed by atoms with van der Waals surface area (Å²) in [5.41, 5.74) is 5.84. The molecular weight excluding hydrogens is 272 g/mol. The summed E-state index contributed by atoms with van der Waals surface area (Å²) >= 11 is 4.91. The molecule has 1 aromatic carbocycles. The Morgan fingerprint density at radius 2 is 2.15 bits per heavy atom. The van der Waals surface area contributed by atoms with E-state index in [1.54, 1.807) is 0 Å². The van der Waals surface area contributed by atoms with Crippen LogP contribution in [-0.4, -0.2) is 46.8 Å². The predicted molar refractivity (Wildman–Crippen MR) is 84.1 cm³/mol. The molecule has 110 valence electrons. The zero-order chi connectivity index (χ0) is 14.6. The fraction of sp³-hybridized carbons (Fsp3) is 0.533. The predicted octanol–water partition coefficient (Wildman–Crippen LogP) is 1.55. The summed E-state index contributed by atoms with van der Waals surface area (Å²) in [6, 6.07) is 7.48. The molecule has 3 N–H and O–H groups in total. The minimum Gasteiger partial charge on any atom is -0.492 e. The van der Waals surface area contributed by atoms with Crippen molar-refractivity contribution in [3.05, 3.63) is 29.8 Å². The molecule has 20 heavy (non-hydrogen) atoms. The number of hydrogen-bond donors (Lipinski definition) is 2. The van der Waals surface area contributed by atoms with Gasteiger partial charge in [0.25, 0.3) is 0 Å². The second-order valence-electron chi connectivity index (χ2n) is 5.61. The number of likely N-dealkylation sites (tertiary alicyclic amines) is 1. The van der Waals surface area contributed by atoms with Gasteiger partial charge >= 0.3 is 0 Å². The van der Waals surface area contributed by atoms with E-state index in [-0.39, 0.29) is 0 Å². The van der Waals surface area contributed by atoms with E-state index in [1.165, 1.54) is 0 Å². The molecule has 0 saturated carbocycles. The van der Waals surface area contributed by atoms with Gasteiger partial charge in [-0.1, -0.05) is 12.2 Å². The number of rotatable bonds is 5. The van der Waals surface area contributed by atoms with Crippen LogP contribution in [-0.2, 0) is 0 Å². The molecule has 1 saturated heterocycles. The number of benzene rings is 1. The van der Waals surface area contributed by atoms with Gasteiger partial charge in [-0.15, -0.1) is 0 Å². The van der Waals surface area contributed by atoms with Crippen LogP contribution in [0.25, 0.3) is 0 Å². The quantitative estimate of drug-likeness (QED) is 0.807. The van der Waals surface area contributed by atoms with Crippen LogP contribution in [0.1, 0.15) is 25.3 Å². The molecule has 0 bridgehead atoms. The Kier molecular flexibility index (Phi) is 4.96. The maximum atomic E-state index is 10.0. The van der Waals surface area contributed by atoms with Crippen LogP contribution in [0.4, 0.5) is 0 Å². The normalized spacial score (nSPS) is 23.5. The summed E-state index contributed by atoms with van der Waals surface area (Å²) in [7, 11) is 0. The highest BCUT2D eigenvalue weighted by atomic mass is 32.1. The summed E-state index contributed by atoms with van der Waals surface area (Å²) < 4.78 is 5.70. The molecule has 1 aromatic rings. The van der Waals surface area contributed by atoms with Gasteiger partial charge < -0.3 is 15.6 Å². The van der Waals surface area contributed by atoms with Crippen LogP contribution < -0.4 is 10.5 Å². The molecular formula is C15H22N2O2S. The fourth-order valence-electron chi connectivity index (χ4n) is 2.52. The van der Waals surface area contributed by atoms with Gasteiger partial charge in [-0.3, -0.25) is 4.90 Å². The molecule has 0 aromatic heterocycles. The molecule has 1 heterocycles. The van der Waals surface area contributed by atoms with Crippen molar-refractivity contribution in [1.82, 2.24) is 4.90 Å². The van der Waals surface area contributed by atoms with Gasteiger partial charge in [0.05, 0.1) is 5.60 Å². The van der Waals surface area contributed by atoms with Crippen LogP contribution in [0.3, 0.4) is 0 Å². The van der Waals surface area contributed by atoms with Crippen molar-refractivity contribution < 1.29 is 9.84 Å². The lowest BCUT2D eigenvalue weighted by Gasteiger charge is -2.36. The van der Waals surface area contributed by atoms with E-state index >= 15 is 0 Å². The Hall–Kier alpha value is -1.17. The largest absolute Gasteiger partial charge is 0.492 e. The summed E-state index contributed by atoms with van der Waals surface area (Å²) in [5, 5.41) is 10.0. The number of β-amino-alcohol motifs (C(OH)–C–C–N with tert-alkyl or cyclic N) is 1. The minimum absolute atomic E-state index is 0.395. The number of piperidine rings is 1. The van der Waals surface area contributed by atoms with E-state index in [4.69, 9.17) is 22.7 Å². The average Bonchev–Trinajstić information content (AvgIpc) is 2.38. The summed E-state index contributed by atoms with van der Waals surface area (Å²) in [6.45, 7) is 5.08. The van der Waals surface area contributed by atoms with Crippen molar-refractivity contribution >= 4 is 17.2 Å². The molecule has 1 aliphatic heterocycles. The first-order chi connectivity index (χ1) is 9.46. The standard InChI is InChI=1S/C15H22N2O2S/c1-15(18)7-2-8-17(11-15)9-10-19-13-5-3-12(4-6-13)14(16)20/h3-6,18H,2,7-11H2,1H3,(H2,16,20). The third kappa shape index (κ3) is 4.44. The molecule has 1 atom stereocenters. The molecule has 1 fully saturated rings. The Bertz CT molecular complexity index is 459. The van der Waals surface area contributed by atoms with E-state index < -0.39 is 5.60 Å². The second kappa shape index (κ2) is 6.52. The van der Waals surface area contributed by atoms with Crippen LogP contribution >= 0.6 is 12.2 Å². The Labute approximate surface area is 125 Å². The third-order valence-electron chi connectivity index (χ3n) is 3.57. The Balaban J connectivity index is 1.76. The van der Waals surface area contributed by atoms with Crippen molar-refractivity contribution in [2.24, 2.45) is 5.73 Å². The van der Waals surface area contributed by atoms with Gasteiger partial charge in [-0.25, -0.2) is 0 Å². The van der Waals surface area contributed by atoms with Crippen LogP contribution in [0.15, 0.2) is 24.3 Å². The zero-order valence-corrected chi connectivity index (χ0v) is 12.7. The van der Waals surface area contributed by atoms with Gasteiger partial charge in [-0.05, 0) is 50.6 Å². The molecule has 0 spiro atoms. The van der Waals surface area contributed by atoms with Gasteiger partial charge in [-0.2, -0.15) is 0 Å². The van der Waals surface area contributed by atoms with Crippen molar-refractivity contribution in [3.63, 3.8) is 0 Å². The summed E-state index contributed by atoms with van der Waals surface area (Å²) in [6.07, 6.45) is 1.92. The molecule has 0 amide bonds. The first-order valence-corrected chi connectivity index (χ1v) is 7.34. The van der Waals surface area contributed by atoms with Gasteiger partial charge in [0.1, 0.15) is 17.3 Å². The summed E-state index contributed by atoms with van der Waals surface area (Å²) in [5.74, 6) is 0.814. The highest BCUT2D eigenvalue weighted by Gasteiger charge is 2.27. The maximum absolute atomic E-state index is 10.0. The zero-order valence-electron chi connectivity index (χ0n) is 11.8. The van der Waals surface area contributed by atoms with E-state index in [1.807, 2.05) is 31.2 Å². The summed E-state index contributed by atoms with van der Waals surface area (Å²) in [4.78, 5) is 2.64. The van der Waals surface area contributed by atoms with E-state index in [9.17, 15) is 5.11 Å². The number of ether oxygens (including phenoxy) is 1. The van der Waals surface area contributed by atoms with Crippen molar-refractivity contribution in [2.75, 3.05) is 26.2 Å². The Morgan fingerprint density at radius 1 is 1.45 bits per heavy atom. The average molecular weight is 294 g/mol. The highest BCUT2D eigenvalue weighted by Crippen LogP contribution is 2.20. The first kappa shape index (κ1) is 15.2. The minimum atomic E-state index is -0.559. The van der Waals surface area contributed by atoms with Gasteiger partial charge in [0.15, 0.2) is 0 Å². The molecule has 0 aliphatic carbocycles. The van der Waals surface area contributed by atoms with E-state index in [0.717, 1.165) is 43.8 Å². The third-order valence-corrected chi connectivity index (χ3v) is 3.80. The lowest BCUT2D eigenvalue weighted by atomic mass is 9.95. The molecule has 1 unspecified atom stereocenters. The number of nitrogens with two attached hydrogens (primary N) is 1. The van der Waals surface area contributed by atoms with Crippen molar-refractivity contribution in [1.29, 1.82) is 0 Å². The maximum Gasteiger partial charge on any atom is 0.119 e. The molecule has 5 heteroatoms. The van der Waals surface area contributed by atoms with Crippen LogP contribution in [0, 0.1) is 0 Å². The SMILES string of the molecule is CC1(O)CCCN(CCOc2ccc(C(N)=S)cc2)C1.